The van der Waals surface area contributed by atoms with Crippen molar-refractivity contribution in [3.05, 3.63) is 0 Å². The third kappa shape index (κ3) is 0.849. The van der Waals surface area contributed by atoms with E-state index in [2.05, 4.69) is 0 Å². The molecule has 2 fully saturated rings. The molecule has 0 heterocycles. The molecule has 0 radical (unpaired) electrons. The monoisotopic (exact) mass is 158 g/mol. The maximum atomic E-state index is 9.86. The molecule has 0 spiro atoms. The second-order valence-corrected chi connectivity index (χ2v) is 3.80. The Balaban J connectivity index is 2.23. The molecule has 11 heavy (non-hydrogen) atoms. The van der Waals surface area contributed by atoms with E-state index in [1.165, 1.54) is 0 Å². The molecule has 2 aliphatic rings. The maximum Gasteiger partial charge on any atom is 0.0958 e. The van der Waals surface area contributed by atoms with Gasteiger partial charge in [-0.25, -0.2) is 0 Å². The lowest BCUT2D eigenvalue weighted by Crippen LogP contribution is -2.41. The molecule has 3 N–H and O–H groups in total. The summed E-state index contributed by atoms with van der Waals surface area (Å²) in [7, 11) is 0. The van der Waals surface area contributed by atoms with Crippen LogP contribution < -0.4 is 0 Å². The highest BCUT2D eigenvalue weighted by molar-refractivity contribution is 5.06. The first-order valence-corrected chi connectivity index (χ1v) is 4.23. The first-order chi connectivity index (χ1) is 5.14. The van der Waals surface area contributed by atoms with Gasteiger partial charge >= 0.3 is 0 Å². The van der Waals surface area contributed by atoms with Crippen LogP contribution >= 0.6 is 0 Å². The average Bonchev–Trinajstić information content (AvgIpc) is 2.39. The van der Waals surface area contributed by atoms with Gasteiger partial charge in [0.25, 0.3) is 0 Å². The minimum Gasteiger partial charge on any atom is -0.393 e. The predicted molar refractivity (Wildman–Crippen MR) is 38.9 cm³/mol. The summed E-state index contributed by atoms with van der Waals surface area (Å²) in [4.78, 5) is 0. The lowest BCUT2D eigenvalue weighted by Gasteiger charge is -2.26. The van der Waals surface area contributed by atoms with Crippen molar-refractivity contribution in [3.8, 4) is 0 Å². The summed E-state index contributed by atoms with van der Waals surface area (Å²) in [6, 6.07) is 0. The molecule has 2 rings (SSSR count). The standard InChI is InChI=1S/C8H14O3/c9-6-3-4-8(11)5(6)1-2-7(8)10/h5-7,9-11H,1-4H2/t5-,6-,7-,8-/m0/s1. The third-order valence-electron chi connectivity index (χ3n) is 3.28. The first-order valence-electron chi connectivity index (χ1n) is 4.23. The van der Waals surface area contributed by atoms with E-state index < -0.39 is 17.8 Å². The molecule has 2 saturated carbocycles. The van der Waals surface area contributed by atoms with Crippen LogP contribution in [0.25, 0.3) is 0 Å². The van der Waals surface area contributed by atoms with Crippen LogP contribution in [-0.2, 0) is 0 Å². The van der Waals surface area contributed by atoms with Gasteiger partial charge in [0.15, 0.2) is 0 Å². The summed E-state index contributed by atoms with van der Waals surface area (Å²) in [5, 5.41) is 28.7. The van der Waals surface area contributed by atoms with Crippen LogP contribution in [0.4, 0.5) is 0 Å². The van der Waals surface area contributed by atoms with Crippen molar-refractivity contribution in [2.75, 3.05) is 0 Å². The van der Waals surface area contributed by atoms with E-state index in [9.17, 15) is 15.3 Å². The summed E-state index contributed by atoms with van der Waals surface area (Å²) < 4.78 is 0. The molecule has 0 saturated heterocycles. The van der Waals surface area contributed by atoms with Crippen LogP contribution in [0.15, 0.2) is 0 Å². The van der Waals surface area contributed by atoms with E-state index in [1.54, 1.807) is 0 Å². The summed E-state index contributed by atoms with van der Waals surface area (Å²) in [6.07, 6.45) is 1.59. The van der Waals surface area contributed by atoms with Crippen molar-refractivity contribution in [2.24, 2.45) is 5.92 Å². The van der Waals surface area contributed by atoms with E-state index in [-0.39, 0.29) is 5.92 Å². The Morgan fingerprint density at radius 1 is 1.09 bits per heavy atom. The van der Waals surface area contributed by atoms with Crippen LogP contribution in [0, 0.1) is 5.92 Å². The first kappa shape index (κ1) is 7.53. The summed E-state index contributed by atoms with van der Waals surface area (Å²) in [6.45, 7) is 0. The molecule has 3 heteroatoms. The quantitative estimate of drug-likeness (QED) is 0.451. The van der Waals surface area contributed by atoms with Gasteiger partial charge in [-0.1, -0.05) is 0 Å². The smallest absolute Gasteiger partial charge is 0.0958 e. The summed E-state index contributed by atoms with van der Waals surface area (Å²) in [5.74, 6) is -0.0718. The zero-order valence-corrected chi connectivity index (χ0v) is 6.40. The van der Waals surface area contributed by atoms with Crippen LogP contribution in [0.3, 0.4) is 0 Å². The van der Waals surface area contributed by atoms with Crippen molar-refractivity contribution in [1.82, 2.24) is 0 Å². The van der Waals surface area contributed by atoms with Crippen molar-refractivity contribution in [1.29, 1.82) is 0 Å². The van der Waals surface area contributed by atoms with Crippen molar-refractivity contribution in [3.63, 3.8) is 0 Å². The van der Waals surface area contributed by atoms with E-state index in [1.807, 2.05) is 0 Å². The fourth-order valence-corrected chi connectivity index (χ4v) is 2.54. The summed E-state index contributed by atoms with van der Waals surface area (Å²) >= 11 is 0. The molecular formula is C8H14O3. The van der Waals surface area contributed by atoms with Gasteiger partial charge in [-0.2, -0.15) is 0 Å². The molecule has 64 valence electrons. The van der Waals surface area contributed by atoms with Gasteiger partial charge in [0.1, 0.15) is 0 Å². The second-order valence-electron chi connectivity index (χ2n) is 3.80. The lowest BCUT2D eigenvalue weighted by atomic mass is 9.92. The minimum atomic E-state index is -0.959. The average molecular weight is 158 g/mol. The van der Waals surface area contributed by atoms with Crippen LogP contribution in [0.2, 0.25) is 0 Å². The Hall–Kier alpha value is -0.120. The van der Waals surface area contributed by atoms with E-state index in [0.717, 1.165) is 6.42 Å². The number of rotatable bonds is 0. The molecule has 2 aliphatic carbocycles. The van der Waals surface area contributed by atoms with E-state index >= 15 is 0 Å². The van der Waals surface area contributed by atoms with Crippen molar-refractivity contribution in [2.45, 2.75) is 43.5 Å². The molecular weight excluding hydrogens is 144 g/mol. The van der Waals surface area contributed by atoms with Gasteiger partial charge in [-0.05, 0) is 25.7 Å². The number of hydrogen-bond donors (Lipinski definition) is 3. The van der Waals surface area contributed by atoms with Crippen LogP contribution in [0.1, 0.15) is 25.7 Å². The van der Waals surface area contributed by atoms with Crippen LogP contribution in [0.5, 0.6) is 0 Å². The molecule has 3 nitrogen and oxygen atoms in total. The molecule has 0 aromatic rings. The Bertz CT molecular complexity index is 171. The SMILES string of the molecule is O[C@H]1CC[C@@]2(O)[C@@H](O)CC[C@@H]12. The Morgan fingerprint density at radius 3 is 2.45 bits per heavy atom. The van der Waals surface area contributed by atoms with Gasteiger partial charge in [-0.15, -0.1) is 0 Å². The Kier molecular flexibility index (Phi) is 1.50. The third-order valence-corrected chi connectivity index (χ3v) is 3.28. The second kappa shape index (κ2) is 2.19. The minimum absolute atomic E-state index is 0.0718. The maximum absolute atomic E-state index is 9.86. The lowest BCUT2D eigenvalue weighted by molar-refractivity contribution is -0.0777. The predicted octanol–water partition coefficient (Wildman–Crippen LogP) is -0.357. The molecule has 0 unspecified atom stereocenters. The molecule has 0 aliphatic heterocycles. The van der Waals surface area contributed by atoms with Crippen molar-refractivity contribution < 1.29 is 15.3 Å². The summed E-state index contributed by atoms with van der Waals surface area (Å²) in [5.41, 5.74) is -0.959. The van der Waals surface area contributed by atoms with Crippen LogP contribution in [-0.4, -0.2) is 33.1 Å². The van der Waals surface area contributed by atoms with E-state index in [0.29, 0.717) is 19.3 Å². The van der Waals surface area contributed by atoms with Gasteiger partial charge in [0, 0.05) is 5.92 Å². The molecule has 0 amide bonds. The molecule has 4 atom stereocenters. The van der Waals surface area contributed by atoms with Gasteiger partial charge in [0.05, 0.1) is 17.8 Å². The number of hydrogen-bond acceptors (Lipinski definition) is 3. The largest absolute Gasteiger partial charge is 0.393 e. The number of fused-ring (bicyclic) bond motifs is 1. The highest BCUT2D eigenvalue weighted by Crippen LogP contribution is 2.47. The number of aliphatic hydroxyl groups is 3. The zero-order chi connectivity index (χ0) is 8.06. The molecule has 0 aromatic carbocycles. The van der Waals surface area contributed by atoms with Gasteiger partial charge in [-0.3, -0.25) is 0 Å². The fraction of sp³-hybridized carbons (Fsp3) is 1.00. The molecule has 0 aromatic heterocycles. The Labute approximate surface area is 65.7 Å². The fourth-order valence-electron chi connectivity index (χ4n) is 2.54. The molecule has 0 bridgehead atoms. The van der Waals surface area contributed by atoms with Gasteiger partial charge < -0.3 is 15.3 Å². The van der Waals surface area contributed by atoms with Gasteiger partial charge in [0.2, 0.25) is 0 Å². The normalized spacial score (nSPS) is 56.5. The van der Waals surface area contributed by atoms with Crippen molar-refractivity contribution >= 4 is 0 Å². The Morgan fingerprint density at radius 2 is 1.82 bits per heavy atom. The zero-order valence-electron chi connectivity index (χ0n) is 6.40. The highest BCUT2D eigenvalue weighted by Gasteiger charge is 2.54. The number of aliphatic hydroxyl groups excluding tert-OH is 2. The topological polar surface area (TPSA) is 60.7 Å². The van der Waals surface area contributed by atoms with E-state index in [4.69, 9.17) is 0 Å². The highest BCUT2D eigenvalue weighted by atomic mass is 16.3.